The second-order valence-electron chi connectivity index (χ2n) is 6.56. The molecule has 2 heterocycles. The number of carboxylic acids is 1. The van der Waals surface area contributed by atoms with Gasteiger partial charge < -0.3 is 14.7 Å². The number of hydrogen-bond donors (Lipinski definition) is 1. The Morgan fingerprint density at radius 2 is 1.93 bits per heavy atom. The summed E-state index contributed by atoms with van der Waals surface area (Å²) >= 11 is 1.33. The first-order chi connectivity index (χ1) is 14.1. The van der Waals surface area contributed by atoms with Crippen LogP contribution in [0.15, 0.2) is 66.2 Å². The Morgan fingerprint density at radius 1 is 1.10 bits per heavy atom. The van der Waals surface area contributed by atoms with Crippen LogP contribution in [0.2, 0.25) is 0 Å². The molecule has 0 unspecified atom stereocenters. The molecule has 0 atom stereocenters. The van der Waals surface area contributed by atoms with Crippen LogP contribution in [0.3, 0.4) is 0 Å². The number of ether oxygens (including phenoxy) is 1. The number of anilines is 1. The van der Waals surface area contributed by atoms with Gasteiger partial charge in [0.05, 0.1) is 12.6 Å². The molecule has 0 bridgehead atoms. The van der Waals surface area contributed by atoms with E-state index in [4.69, 9.17) is 4.74 Å². The summed E-state index contributed by atoms with van der Waals surface area (Å²) in [5.74, 6) is -0.241. The normalized spacial score (nSPS) is 10.8. The first-order valence-electron chi connectivity index (χ1n) is 9.03. The number of aromatic nitrogens is 2. The van der Waals surface area contributed by atoms with Crippen molar-refractivity contribution in [3.8, 4) is 5.75 Å². The van der Waals surface area contributed by atoms with E-state index in [2.05, 4.69) is 20.9 Å². The molecule has 0 spiro atoms. The van der Waals surface area contributed by atoms with E-state index in [9.17, 15) is 9.90 Å². The molecule has 4 aromatic rings. The van der Waals surface area contributed by atoms with Gasteiger partial charge in [0.2, 0.25) is 0 Å². The largest absolute Gasteiger partial charge is 0.497 e. The van der Waals surface area contributed by atoms with Gasteiger partial charge in [-0.2, -0.15) is 0 Å². The second kappa shape index (κ2) is 8.28. The van der Waals surface area contributed by atoms with Gasteiger partial charge in [-0.25, -0.2) is 9.78 Å². The third-order valence-electron chi connectivity index (χ3n) is 4.53. The van der Waals surface area contributed by atoms with Crippen molar-refractivity contribution in [3.63, 3.8) is 0 Å². The monoisotopic (exact) mass is 405 g/mol. The number of aromatic carboxylic acids is 1. The van der Waals surface area contributed by atoms with Gasteiger partial charge >= 0.3 is 5.97 Å². The fourth-order valence-electron chi connectivity index (χ4n) is 3.13. The minimum Gasteiger partial charge on any atom is -0.497 e. The smallest absolute Gasteiger partial charge is 0.355 e. The molecule has 29 heavy (non-hydrogen) atoms. The van der Waals surface area contributed by atoms with Crippen LogP contribution in [0.1, 0.15) is 21.6 Å². The lowest BCUT2D eigenvalue weighted by Gasteiger charge is -2.22. The summed E-state index contributed by atoms with van der Waals surface area (Å²) in [4.78, 5) is 22.0. The average molecular weight is 405 g/mol. The van der Waals surface area contributed by atoms with Crippen LogP contribution in [0.25, 0.3) is 10.9 Å². The Morgan fingerprint density at radius 3 is 2.69 bits per heavy atom. The maximum Gasteiger partial charge on any atom is 0.355 e. The van der Waals surface area contributed by atoms with Gasteiger partial charge in [-0.15, -0.1) is 11.3 Å². The Labute approximate surface area is 172 Å². The lowest BCUT2D eigenvalue weighted by atomic mass is 10.1. The number of rotatable bonds is 7. The Bertz CT molecular complexity index is 1160. The van der Waals surface area contributed by atoms with Crippen LogP contribution < -0.4 is 9.64 Å². The number of carbonyl (C=O) groups is 1. The van der Waals surface area contributed by atoms with Gasteiger partial charge in [-0.3, -0.25) is 4.98 Å². The van der Waals surface area contributed by atoms with Crippen LogP contribution in [0.5, 0.6) is 5.75 Å². The topological polar surface area (TPSA) is 75.5 Å². The number of fused-ring (bicyclic) bond motifs is 1. The highest BCUT2D eigenvalue weighted by Gasteiger charge is 2.16. The van der Waals surface area contributed by atoms with Crippen molar-refractivity contribution in [3.05, 3.63) is 83.0 Å². The van der Waals surface area contributed by atoms with Crippen LogP contribution in [0.4, 0.5) is 5.13 Å². The van der Waals surface area contributed by atoms with Gasteiger partial charge in [-0.05, 0) is 41.5 Å². The number of hydrogen-bond acceptors (Lipinski definition) is 6. The molecule has 2 aromatic carbocycles. The van der Waals surface area contributed by atoms with Gasteiger partial charge in [0.1, 0.15) is 5.75 Å². The van der Waals surface area contributed by atoms with Gasteiger partial charge in [0.25, 0.3) is 0 Å². The molecule has 2 aromatic heterocycles. The fraction of sp³-hybridized carbons (Fsp3) is 0.136. The standard InChI is InChI=1S/C22H19N3O3S/c1-28-18-6-2-4-15(11-18)12-25(22-24-20(14-29-22)21(26)27)13-16-7-8-19-17(10-16)5-3-9-23-19/h2-11,14H,12-13H2,1H3,(H,26,27). The van der Waals surface area contributed by atoms with E-state index in [1.165, 1.54) is 11.3 Å². The molecule has 0 aliphatic heterocycles. The SMILES string of the molecule is COc1cccc(CN(Cc2ccc3ncccc3c2)c2nc(C(=O)O)cs2)c1. The molecule has 0 amide bonds. The predicted octanol–water partition coefficient (Wildman–Crippen LogP) is 4.60. The molecule has 4 rings (SSSR count). The van der Waals surface area contributed by atoms with Crippen LogP contribution >= 0.6 is 11.3 Å². The van der Waals surface area contributed by atoms with E-state index in [0.29, 0.717) is 18.2 Å². The zero-order chi connectivity index (χ0) is 20.2. The van der Waals surface area contributed by atoms with Crippen LogP contribution in [-0.2, 0) is 13.1 Å². The minimum absolute atomic E-state index is 0.0587. The zero-order valence-corrected chi connectivity index (χ0v) is 16.6. The van der Waals surface area contributed by atoms with E-state index in [0.717, 1.165) is 27.8 Å². The maximum atomic E-state index is 11.3. The summed E-state index contributed by atoms with van der Waals surface area (Å²) in [6.45, 7) is 1.17. The summed E-state index contributed by atoms with van der Waals surface area (Å²) in [6, 6.07) is 17.9. The summed E-state index contributed by atoms with van der Waals surface area (Å²) in [6.07, 6.45) is 1.78. The van der Waals surface area contributed by atoms with Crippen LogP contribution in [0, 0.1) is 0 Å². The maximum absolute atomic E-state index is 11.3. The molecule has 0 radical (unpaired) electrons. The molecule has 0 saturated carbocycles. The number of pyridine rings is 1. The zero-order valence-electron chi connectivity index (χ0n) is 15.8. The summed E-state index contributed by atoms with van der Waals surface area (Å²) in [5.41, 5.74) is 3.15. The van der Waals surface area contributed by atoms with E-state index in [-0.39, 0.29) is 5.69 Å². The van der Waals surface area contributed by atoms with E-state index >= 15 is 0 Å². The van der Waals surface area contributed by atoms with Crippen molar-refractivity contribution in [2.45, 2.75) is 13.1 Å². The molecule has 7 heteroatoms. The van der Waals surface area contributed by atoms with Crippen LogP contribution in [-0.4, -0.2) is 28.2 Å². The number of carboxylic acid groups (broad SMARTS) is 1. The molecule has 0 aliphatic rings. The minimum atomic E-state index is -1.02. The van der Waals surface area contributed by atoms with Gasteiger partial charge in [0.15, 0.2) is 10.8 Å². The lowest BCUT2D eigenvalue weighted by molar-refractivity contribution is 0.0691. The molecule has 146 valence electrons. The third kappa shape index (κ3) is 4.35. The number of methoxy groups -OCH3 is 1. The number of thiazole rings is 1. The van der Waals surface area contributed by atoms with E-state index in [1.807, 2.05) is 48.5 Å². The Kier molecular flexibility index (Phi) is 5.39. The molecule has 1 N–H and O–H groups in total. The van der Waals surface area contributed by atoms with Crippen molar-refractivity contribution < 1.29 is 14.6 Å². The summed E-state index contributed by atoms with van der Waals surface area (Å²) in [5, 5.41) is 12.5. The highest BCUT2D eigenvalue weighted by atomic mass is 32.1. The molecular formula is C22H19N3O3S. The number of benzene rings is 2. The van der Waals surface area contributed by atoms with Crippen molar-refractivity contribution >= 4 is 33.3 Å². The Balaban J connectivity index is 1.66. The van der Waals surface area contributed by atoms with Crippen molar-refractivity contribution in [2.24, 2.45) is 0 Å². The predicted molar refractivity (Wildman–Crippen MR) is 114 cm³/mol. The molecular weight excluding hydrogens is 386 g/mol. The molecule has 0 saturated heterocycles. The molecule has 6 nitrogen and oxygen atoms in total. The quantitative estimate of drug-likeness (QED) is 0.484. The third-order valence-corrected chi connectivity index (χ3v) is 5.43. The van der Waals surface area contributed by atoms with E-state index < -0.39 is 5.97 Å². The van der Waals surface area contributed by atoms with Gasteiger partial charge in [-0.1, -0.05) is 24.3 Å². The highest BCUT2D eigenvalue weighted by molar-refractivity contribution is 7.13. The van der Waals surface area contributed by atoms with Crippen molar-refractivity contribution in [1.82, 2.24) is 9.97 Å². The van der Waals surface area contributed by atoms with E-state index in [1.54, 1.807) is 18.7 Å². The fourth-order valence-corrected chi connectivity index (χ4v) is 3.93. The van der Waals surface area contributed by atoms with Crippen molar-refractivity contribution in [1.29, 1.82) is 0 Å². The first kappa shape index (κ1) is 18.9. The second-order valence-corrected chi connectivity index (χ2v) is 7.40. The molecule has 0 fully saturated rings. The summed E-state index contributed by atoms with van der Waals surface area (Å²) < 4.78 is 5.33. The van der Waals surface area contributed by atoms with Gasteiger partial charge in [0, 0.05) is 30.1 Å². The highest BCUT2D eigenvalue weighted by Crippen LogP contribution is 2.26. The van der Waals surface area contributed by atoms with Crippen molar-refractivity contribution in [2.75, 3.05) is 12.0 Å². The lowest BCUT2D eigenvalue weighted by Crippen LogP contribution is -2.22. The average Bonchev–Trinajstić information content (AvgIpc) is 3.24. The summed E-state index contributed by atoms with van der Waals surface area (Å²) in [7, 11) is 1.64. The Hall–Kier alpha value is -3.45. The number of nitrogens with zero attached hydrogens (tertiary/aromatic N) is 3. The first-order valence-corrected chi connectivity index (χ1v) is 9.91. The molecule has 0 aliphatic carbocycles.